The molecule has 1 fully saturated rings. The van der Waals surface area contributed by atoms with Crippen molar-refractivity contribution in [2.75, 3.05) is 13.1 Å². The minimum atomic E-state index is -0.897. The molecule has 0 spiro atoms. The lowest BCUT2D eigenvalue weighted by molar-refractivity contribution is -0.132. The van der Waals surface area contributed by atoms with E-state index in [0.717, 1.165) is 37.1 Å². The van der Waals surface area contributed by atoms with E-state index >= 15 is 0 Å². The number of halogens is 2. The number of nitrogens with one attached hydrogen (secondary N) is 1. The molecule has 6 heteroatoms. The molecular weight excluding hydrogens is 362 g/mol. The lowest BCUT2D eigenvalue weighted by Crippen LogP contribution is -2.31. The summed E-state index contributed by atoms with van der Waals surface area (Å²) in [6.07, 6.45) is 2.71. The van der Waals surface area contributed by atoms with Gasteiger partial charge in [-0.3, -0.25) is 9.59 Å². The number of likely N-dealkylation sites (tertiary alicyclic amines) is 1. The SMILES string of the molecule is Cc1ccc(C2CCCN2C(=O)CCCNC(=O)c2ccc(F)cc2F)cc1. The van der Waals surface area contributed by atoms with Crippen LogP contribution in [0.25, 0.3) is 0 Å². The third-order valence-corrected chi connectivity index (χ3v) is 5.06. The van der Waals surface area contributed by atoms with Crippen LogP contribution in [0.5, 0.6) is 0 Å². The van der Waals surface area contributed by atoms with Crippen molar-refractivity contribution in [3.05, 3.63) is 70.8 Å². The quantitative estimate of drug-likeness (QED) is 0.759. The van der Waals surface area contributed by atoms with Crippen LogP contribution in [0.15, 0.2) is 42.5 Å². The van der Waals surface area contributed by atoms with Gasteiger partial charge in [0.25, 0.3) is 5.91 Å². The highest BCUT2D eigenvalue weighted by atomic mass is 19.1. The number of aryl methyl sites for hydroxylation is 1. The fourth-order valence-corrected chi connectivity index (χ4v) is 3.55. The maximum Gasteiger partial charge on any atom is 0.254 e. The predicted molar refractivity (Wildman–Crippen MR) is 103 cm³/mol. The first kappa shape index (κ1) is 20.0. The van der Waals surface area contributed by atoms with Gasteiger partial charge in [0.2, 0.25) is 5.91 Å². The molecule has 2 amide bonds. The van der Waals surface area contributed by atoms with Crippen LogP contribution < -0.4 is 5.32 Å². The second kappa shape index (κ2) is 8.95. The number of amides is 2. The number of carbonyl (C=O) groups excluding carboxylic acids is 2. The molecule has 1 N–H and O–H groups in total. The Bertz CT molecular complexity index is 852. The Morgan fingerprint density at radius 3 is 2.61 bits per heavy atom. The van der Waals surface area contributed by atoms with Gasteiger partial charge < -0.3 is 10.2 Å². The lowest BCUT2D eigenvalue weighted by atomic mass is 10.0. The summed E-state index contributed by atoms with van der Waals surface area (Å²) in [4.78, 5) is 26.5. The van der Waals surface area contributed by atoms with Crippen LogP contribution in [0.4, 0.5) is 8.78 Å². The Morgan fingerprint density at radius 2 is 1.89 bits per heavy atom. The molecule has 0 saturated carbocycles. The summed E-state index contributed by atoms with van der Waals surface area (Å²) in [5.74, 6) is -2.17. The molecule has 4 nitrogen and oxygen atoms in total. The van der Waals surface area contributed by atoms with Gasteiger partial charge in [0.1, 0.15) is 11.6 Å². The summed E-state index contributed by atoms with van der Waals surface area (Å²) in [6.45, 7) is 3.03. The van der Waals surface area contributed by atoms with Gasteiger partial charge in [0.15, 0.2) is 0 Å². The van der Waals surface area contributed by atoms with E-state index in [-0.39, 0.29) is 24.1 Å². The van der Waals surface area contributed by atoms with Crippen LogP contribution in [0.1, 0.15) is 53.2 Å². The van der Waals surface area contributed by atoms with E-state index in [1.54, 1.807) is 0 Å². The summed E-state index contributed by atoms with van der Waals surface area (Å²) in [6, 6.07) is 11.2. The van der Waals surface area contributed by atoms with Crippen LogP contribution in [-0.4, -0.2) is 29.8 Å². The molecular formula is C22H24F2N2O2. The van der Waals surface area contributed by atoms with Gasteiger partial charge in [-0.05, 0) is 43.9 Å². The first-order valence-corrected chi connectivity index (χ1v) is 9.55. The third-order valence-electron chi connectivity index (χ3n) is 5.06. The molecule has 1 aliphatic heterocycles. The maximum atomic E-state index is 13.6. The second-order valence-corrected chi connectivity index (χ2v) is 7.14. The minimum absolute atomic E-state index is 0.0605. The van der Waals surface area contributed by atoms with Crippen LogP contribution >= 0.6 is 0 Å². The molecule has 28 heavy (non-hydrogen) atoms. The second-order valence-electron chi connectivity index (χ2n) is 7.14. The Kier molecular flexibility index (Phi) is 6.39. The third kappa shape index (κ3) is 4.74. The molecule has 0 radical (unpaired) electrons. The standard InChI is InChI=1S/C22H24F2N2O2/c1-15-6-8-16(9-7-15)20-4-3-13-26(20)21(27)5-2-12-25-22(28)18-11-10-17(23)14-19(18)24/h6-11,14,20H,2-5,12-13H2,1H3,(H,25,28). The molecule has 0 aromatic heterocycles. The molecule has 1 atom stereocenters. The van der Waals surface area contributed by atoms with Crippen molar-refractivity contribution in [2.45, 2.75) is 38.6 Å². The summed E-state index contributed by atoms with van der Waals surface area (Å²) in [7, 11) is 0. The van der Waals surface area contributed by atoms with Crippen molar-refractivity contribution < 1.29 is 18.4 Å². The van der Waals surface area contributed by atoms with Gasteiger partial charge in [-0.1, -0.05) is 29.8 Å². The summed E-state index contributed by atoms with van der Waals surface area (Å²) >= 11 is 0. The van der Waals surface area contributed by atoms with Gasteiger partial charge in [-0.2, -0.15) is 0 Å². The average Bonchev–Trinajstić information content (AvgIpc) is 3.15. The van der Waals surface area contributed by atoms with E-state index in [1.165, 1.54) is 5.56 Å². The van der Waals surface area contributed by atoms with Crippen molar-refractivity contribution in [2.24, 2.45) is 0 Å². The van der Waals surface area contributed by atoms with Crippen molar-refractivity contribution in [3.8, 4) is 0 Å². The Labute approximate surface area is 163 Å². The first-order valence-electron chi connectivity index (χ1n) is 9.55. The Morgan fingerprint density at radius 1 is 1.14 bits per heavy atom. The van der Waals surface area contributed by atoms with Crippen LogP contribution in [0, 0.1) is 18.6 Å². The number of hydrogen-bond acceptors (Lipinski definition) is 2. The number of benzene rings is 2. The number of nitrogens with zero attached hydrogens (tertiary/aromatic N) is 1. The highest BCUT2D eigenvalue weighted by Crippen LogP contribution is 2.32. The highest BCUT2D eigenvalue weighted by molar-refractivity contribution is 5.94. The molecule has 1 heterocycles. The molecule has 0 bridgehead atoms. The van der Waals surface area contributed by atoms with Crippen LogP contribution in [0.2, 0.25) is 0 Å². The molecule has 148 valence electrons. The van der Waals surface area contributed by atoms with E-state index in [4.69, 9.17) is 0 Å². The van der Waals surface area contributed by atoms with Crippen molar-refractivity contribution in [1.29, 1.82) is 0 Å². The minimum Gasteiger partial charge on any atom is -0.352 e. The fourth-order valence-electron chi connectivity index (χ4n) is 3.55. The van der Waals surface area contributed by atoms with Gasteiger partial charge in [-0.25, -0.2) is 8.78 Å². The lowest BCUT2D eigenvalue weighted by Gasteiger charge is -2.25. The van der Waals surface area contributed by atoms with Crippen LogP contribution in [-0.2, 0) is 4.79 Å². The maximum absolute atomic E-state index is 13.6. The Balaban J connectivity index is 1.48. The zero-order chi connectivity index (χ0) is 20.1. The Hall–Kier alpha value is -2.76. The van der Waals surface area contributed by atoms with Gasteiger partial charge in [0.05, 0.1) is 11.6 Å². The van der Waals surface area contributed by atoms with E-state index in [9.17, 15) is 18.4 Å². The summed E-state index contributed by atoms with van der Waals surface area (Å²) < 4.78 is 26.5. The topological polar surface area (TPSA) is 49.4 Å². The molecule has 2 aromatic rings. The molecule has 1 aliphatic rings. The van der Waals surface area contributed by atoms with Crippen molar-refractivity contribution >= 4 is 11.8 Å². The highest BCUT2D eigenvalue weighted by Gasteiger charge is 2.29. The van der Waals surface area contributed by atoms with Crippen molar-refractivity contribution in [1.82, 2.24) is 10.2 Å². The molecule has 2 aromatic carbocycles. The smallest absolute Gasteiger partial charge is 0.254 e. The largest absolute Gasteiger partial charge is 0.352 e. The monoisotopic (exact) mass is 386 g/mol. The molecule has 1 unspecified atom stereocenters. The fraction of sp³-hybridized carbons (Fsp3) is 0.364. The normalized spacial score (nSPS) is 16.2. The van der Waals surface area contributed by atoms with Crippen LogP contribution in [0.3, 0.4) is 0 Å². The number of rotatable bonds is 6. The predicted octanol–water partition coefficient (Wildman–Crippen LogP) is 4.15. The zero-order valence-corrected chi connectivity index (χ0v) is 15.9. The van der Waals surface area contributed by atoms with E-state index in [2.05, 4.69) is 29.6 Å². The first-order chi connectivity index (χ1) is 13.5. The van der Waals surface area contributed by atoms with Gasteiger partial charge >= 0.3 is 0 Å². The average molecular weight is 386 g/mol. The molecule has 0 aliphatic carbocycles. The molecule has 1 saturated heterocycles. The summed E-state index contributed by atoms with van der Waals surface area (Å²) in [5, 5.41) is 2.58. The summed E-state index contributed by atoms with van der Waals surface area (Å²) in [5.41, 5.74) is 2.14. The van der Waals surface area contributed by atoms with Gasteiger partial charge in [0, 0.05) is 25.6 Å². The number of carbonyl (C=O) groups is 2. The van der Waals surface area contributed by atoms with E-state index in [0.29, 0.717) is 18.9 Å². The van der Waals surface area contributed by atoms with Gasteiger partial charge in [-0.15, -0.1) is 0 Å². The van der Waals surface area contributed by atoms with E-state index in [1.807, 2.05) is 11.8 Å². The van der Waals surface area contributed by atoms with E-state index < -0.39 is 17.5 Å². The molecule has 3 rings (SSSR count). The van der Waals surface area contributed by atoms with Crippen molar-refractivity contribution in [3.63, 3.8) is 0 Å². The number of hydrogen-bond donors (Lipinski definition) is 1. The zero-order valence-electron chi connectivity index (χ0n) is 15.9.